The minimum absolute atomic E-state index is 0.0852. The van der Waals surface area contributed by atoms with E-state index in [2.05, 4.69) is 20.8 Å². The molecule has 0 unspecified atom stereocenters. The summed E-state index contributed by atoms with van der Waals surface area (Å²) in [6, 6.07) is 0. The van der Waals surface area contributed by atoms with Crippen LogP contribution in [0.1, 0.15) is 41.0 Å². The van der Waals surface area contributed by atoms with E-state index in [1.807, 2.05) is 0 Å². The molecule has 0 fully saturated rings. The van der Waals surface area contributed by atoms with Gasteiger partial charge in [0.1, 0.15) is 0 Å². The Morgan fingerprint density at radius 2 is 1.55 bits per heavy atom. The van der Waals surface area contributed by atoms with Crippen molar-refractivity contribution >= 4 is 5.97 Å². The molecule has 2 nitrogen and oxygen atoms in total. The molecule has 0 aromatic rings. The van der Waals surface area contributed by atoms with E-state index in [0.717, 1.165) is 0 Å². The maximum absolute atomic E-state index is 10.7. The van der Waals surface area contributed by atoms with E-state index in [4.69, 9.17) is 5.11 Å². The Morgan fingerprint density at radius 1 is 1.18 bits per heavy atom. The number of carboxylic acid groups (broad SMARTS) is 1. The van der Waals surface area contributed by atoms with Crippen LogP contribution in [0.4, 0.5) is 0 Å². The van der Waals surface area contributed by atoms with Crippen molar-refractivity contribution in [3.63, 3.8) is 0 Å². The minimum Gasteiger partial charge on any atom is -0.481 e. The third-order valence-corrected chi connectivity index (χ3v) is 1.55. The molecule has 0 aliphatic carbocycles. The number of rotatable bonds is 2. The first-order chi connectivity index (χ1) is 4.65. The zero-order chi connectivity index (χ0) is 9.28. The molecule has 0 rings (SSSR count). The molecule has 0 bridgehead atoms. The Labute approximate surface area is 68.6 Å². The van der Waals surface area contributed by atoms with Gasteiger partial charge in [-0.15, -0.1) is 0 Å². The SMILES string of the molecule is CC(C)(C)CC(C)(C)C(=O)O. The van der Waals surface area contributed by atoms with Crippen molar-refractivity contribution in [1.29, 1.82) is 0 Å². The summed E-state index contributed by atoms with van der Waals surface area (Å²) >= 11 is 0. The number of hydrogen-bond acceptors (Lipinski definition) is 1. The molecular weight excluding hydrogens is 140 g/mol. The van der Waals surface area contributed by atoms with Crippen LogP contribution in [0.3, 0.4) is 0 Å². The van der Waals surface area contributed by atoms with Crippen LogP contribution in [0.25, 0.3) is 0 Å². The molecule has 0 heterocycles. The van der Waals surface area contributed by atoms with Crippen molar-refractivity contribution in [2.75, 3.05) is 0 Å². The van der Waals surface area contributed by atoms with Gasteiger partial charge in [0.15, 0.2) is 0 Å². The molecule has 66 valence electrons. The van der Waals surface area contributed by atoms with Gasteiger partial charge in [0.05, 0.1) is 5.41 Å². The quantitative estimate of drug-likeness (QED) is 0.670. The van der Waals surface area contributed by atoms with Gasteiger partial charge in [-0.1, -0.05) is 20.8 Å². The van der Waals surface area contributed by atoms with Crippen LogP contribution in [0.2, 0.25) is 0 Å². The van der Waals surface area contributed by atoms with Gasteiger partial charge in [0.2, 0.25) is 0 Å². The van der Waals surface area contributed by atoms with E-state index in [0.29, 0.717) is 6.42 Å². The van der Waals surface area contributed by atoms with E-state index in [1.54, 1.807) is 13.8 Å². The first-order valence-electron chi connectivity index (χ1n) is 3.88. The summed E-state index contributed by atoms with van der Waals surface area (Å²) < 4.78 is 0. The molecule has 0 saturated carbocycles. The van der Waals surface area contributed by atoms with Crippen molar-refractivity contribution < 1.29 is 9.90 Å². The second-order valence-electron chi connectivity index (χ2n) is 4.93. The lowest BCUT2D eigenvalue weighted by molar-refractivity contribution is -0.148. The Bertz CT molecular complexity index is 151. The summed E-state index contributed by atoms with van der Waals surface area (Å²) in [5.41, 5.74) is -0.514. The summed E-state index contributed by atoms with van der Waals surface area (Å²) in [5, 5.41) is 8.80. The van der Waals surface area contributed by atoms with Crippen LogP contribution in [-0.4, -0.2) is 11.1 Å². The summed E-state index contributed by atoms with van der Waals surface area (Å²) in [4.78, 5) is 10.7. The normalized spacial score (nSPS) is 13.2. The molecular formula is C9H18O2. The van der Waals surface area contributed by atoms with Crippen molar-refractivity contribution in [2.24, 2.45) is 10.8 Å². The lowest BCUT2D eigenvalue weighted by Crippen LogP contribution is -2.28. The standard InChI is InChI=1S/C9H18O2/c1-8(2,3)6-9(4,5)7(10)11/h6H2,1-5H3,(H,10,11). The fourth-order valence-corrected chi connectivity index (χ4v) is 1.40. The number of aliphatic carboxylic acids is 1. The summed E-state index contributed by atoms with van der Waals surface area (Å²) in [5.74, 6) is -0.715. The largest absolute Gasteiger partial charge is 0.481 e. The highest BCUT2D eigenvalue weighted by atomic mass is 16.4. The fraction of sp³-hybridized carbons (Fsp3) is 0.889. The first-order valence-corrected chi connectivity index (χ1v) is 3.88. The number of hydrogen-bond donors (Lipinski definition) is 1. The predicted molar refractivity (Wildman–Crippen MR) is 45.5 cm³/mol. The molecule has 0 spiro atoms. The van der Waals surface area contributed by atoms with Gasteiger partial charge in [-0.2, -0.15) is 0 Å². The Morgan fingerprint density at radius 3 is 1.64 bits per heavy atom. The Kier molecular flexibility index (Phi) is 2.70. The molecule has 0 saturated heterocycles. The highest BCUT2D eigenvalue weighted by molar-refractivity contribution is 5.73. The topological polar surface area (TPSA) is 37.3 Å². The highest BCUT2D eigenvalue weighted by Gasteiger charge is 2.31. The fourth-order valence-electron chi connectivity index (χ4n) is 1.40. The van der Waals surface area contributed by atoms with Crippen molar-refractivity contribution in [2.45, 2.75) is 41.0 Å². The maximum atomic E-state index is 10.7. The van der Waals surface area contributed by atoms with Crippen molar-refractivity contribution in [1.82, 2.24) is 0 Å². The van der Waals surface area contributed by atoms with Gasteiger partial charge in [0.25, 0.3) is 0 Å². The second kappa shape index (κ2) is 2.84. The van der Waals surface area contributed by atoms with Crippen molar-refractivity contribution in [3.8, 4) is 0 Å². The Balaban J connectivity index is 4.25. The maximum Gasteiger partial charge on any atom is 0.309 e. The molecule has 1 N–H and O–H groups in total. The third kappa shape index (κ3) is 4.02. The van der Waals surface area contributed by atoms with Crippen LogP contribution in [0.5, 0.6) is 0 Å². The molecule has 2 heteroatoms. The average Bonchev–Trinajstić information content (AvgIpc) is 1.56. The van der Waals surface area contributed by atoms with Crippen LogP contribution in [0.15, 0.2) is 0 Å². The number of carboxylic acids is 1. The van der Waals surface area contributed by atoms with E-state index in [1.165, 1.54) is 0 Å². The van der Waals surface area contributed by atoms with Crippen LogP contribution >= 0.6 is 0 Å². The van der Waals surface area contributed by atoms with Crippen LogP contribution < -0.4 is 0 Å². The zero-order valence-electron chi connectivity index (χ0n) is 8.06. The molecule has 0 aliphatic rings. The van der Waals surface area contributed by atoms with E-state index < -0.39 is 11.4 Å². The molecule has 0 aromatic carbocycles. The van der Waals surface area contributed by atoms with Gasteiger partial charge in [0, 0.05) is 0 Å². The van der Waals surface area contributed by atoms with Gasteiger partial charge in [-0.05, 0) is 25.7 Å². The highest BCUT2D eigenvalue weighted by Crippen LogP contribution is 2.32. The van der Waals surface area contributed by atoms with Gasteiger partial charge in [-0.25, -0.2) is 0 Å². The summed E-state index contributed by atoms with van der Waals surface area (Å²) in [6.45, 7) is 9.69. The molecule has 0 radical (unpaired) electrons. The summed E-state index contributed by atoms with van der Waals surface area (Å²) in [7, 11) is 0. The minimum atomic E-state index is -0.715. The zero-order valence-corrected chi connectivity index (χ0v) is 8.06. The molecule has 11 heavy (non-hydrogen) atoms. The molecule has 0 aliphatic heterocycles. The molecule has 0 aromatic heterocycles. The van der Waals surface area contributed by atoms with Gasteiger partial charge < -0.3 is 5.11 Å². The third-order valence-electron chi connectivity index (χ3n) is 1.55. The molecule has 0 atom stereocenters. The summed E-state index contributed by atoms with van der Waals surface area (Å²) in [6.07, 6.45) is 0.704. The van der Waals surface area contributed by atoms with Gasteiger partial charge in [-0.3, -0.25) is 4.79 Å². The second-order valence-corrected chi connectivity index (χ2v) is 4.93. The van der Waals surface area contributed by atoms with Crippen molar-refractivity contribution in [3.05, 3.63) is 0 Å². The monoisotopic (exact) mass is 158 g/mol. The predicted octanol–water partition coefficient (Wildman–Crippen LogP) is 2.53. The Hall–Kier alpha value is -0.530. The first kappa shape index (κ1) is 10.5. The lowest BCUT2D eigenvalue weighted by Gasteiger charge is -2.28. The van der Waals surface area contributed by atoms with Gasteiger partial charge >= 0.3 is 5.97 Å². The average molecular weight is 158 g/mol. The van der Waals surface area contributed by atoms with Crippen LogP contribution in [0, 0.1) is 10.8 Å². The van der Waals surface area contributed by atoms with E-state index in [-0.39, 0.29) is 5.41 Å². The number of carbonyl (C=O) groups is 1. The molecule has 0 amide bonds. The smallest absolute Gasteiger partial charge is 0.309 e. The van der Waals surface area contributed by atoms with Crippen LogP contribution in [-0.2, 0) is 4.79 Å². The lowest BCUT2D eigenvalue weighted by atomic mass is 9.76. The van der Waals surface area contributed by atoms with E-state index in [9.17, 15) is 4.79 Å². The van der Waals surface area contributed by atoms with E-state index >= 15 is 0 Å².